The van der Waals surface area contributed by atoms with E-state index in [4.69, 9.17) is 0 Å². The Morgan fingerprint density at radius 1 is 1.44 bits per heavy atom. The lowest BCUT2D eigenvalue weighted by Gasteiger charge is -1.97. The van der Waals surface area contributed by atoms with Crippen molar-refractivity contribution in [3.05, 3.63) is 29.6 Å². The van der Waals surface area contributed by atoms with E-state index in [0.29, 0.717) is 0 Å². The smallest absolute Gasteiger partial charge is 0.139 e. The normalized spacial score (nSPS) is 9.56. The monoisotopic (exact) mass is 122 g/mol. The van der Waals surface area contributed by atoms with E-state index in [0.717, 1.165) is 11.0 Å². The van der Waals surface area contributed by atoms with Gasteiger partial charge in [0.1, 0.15) is 13.7 Å². The van der Waals surface area contributed by atoms with Crippen LogP contribution in [0.4, 0.5) is 4.39 Å². The zero-order chi connectivity index (χ0) is 6.85. The molecule has 1 aromatic carbocycles. The predicted octanol–water partition coefficient (Wildman–Crippen LogP) is 0.393. The molecule has 1 rings (SSSR count). The first-order valence-electron chi connectivity index (χ1n) is 2.93. The Kier molecular flexibility index (Phi) is 1.56. The third kappa shape index (κ3) is 1.12. The van der Waals surface area contributed by atoms with Crippen molar-refractivity contribution in [1.82, 2.24) is 0 Å². The van der Waals surface area contributed by atoms with Crippen LogP contribution in [0.3, 0.4) is 0 Å². The van der Waals surface area contributed by atoms with Crippen molar-refractivity contribution >= 4 is 13.3 Å². The fourth-order valence-corrected chi connectivity index (χ4v) is 0.715. The highest BCUT2D eigenvalue weighted by molar-refractivity contribution is 6.33. The molecule has 0 spiro atoms. The molecule has 0 heterocycles. The molecule has 0 bridgehead atoms. The molecular formula is C7H8BF. The van der Waals surface area contributed by atoms with Crippen LogP contribution in [-0.2, 0) is 0 Å². The summed E-state index contributed by atoms with van der Waals surface area (Å²) in [5.74, 6) is -0.116. The molecule has 46 valence electrons. The fourth-order valence-electron chi connectivity index (χ4n) is 0.715. The van der Waals surface area contributed by atoms with Crippen LogP contribution in [0.1, 0.15) is 5.56 Å². The molecule has 0 aliphatic heterocycles. The van der Waals surface area contributed by atoms with E-state index in [1.165, 1.54) is 6.07 Å². The maximum Gasteiger partial charge on any atom is 0.139 e. The Balaban J connectivity index is 3.25. The number of rotatable bonds is 0. The molecule has 0 atom stereocenters. The van der Waals surface area contributed by atoms with E-state index in [-0.39, 0.29) is 5.82 Å². The van der Waals surface area contributed by atoms with E-state index in [2.05, 4.69) is 0 Å². The molecule has 0 aliphatic carbocycles. The van der Waals surface area contributed by atoms with E-state index in [1.807, 2.05) is 13.9 Å². The standard InChI is InChI=1S/C7H8BF/c1-5-6(8)3-2-4-7(5)9/h2-4H,8H2,1H3. The molecule has 1 aromatic rings. The summed E-state index contributed by atoms with van der Waals surface area (Å²) < 4.78 is 12.6. The molecule has 9 heavy (non-hydrogen) atoms. The van der Waals surface area contributed by atoms with Crippen molar-refractivity contribution in [1.29, 1.82) is 0 Å². The Bertz CT molecular complexity index is 200. The molecular weight excluding hydrogens is 114 g/mol. The minimum absolute atomic E-state index is 0.116. The predicted molar refractivity (Wildman–Crippen MR) is 39.3 cm³/mol. The van der Waals surface area contributed by atoms with Crippen molar-refractivity contribution in [2.75, 3.05) is 0 Å². The number of halogens is 1. The quantitative estimate of drug-likeness (QED) is 0.436. The summed E-state index contributed by atoms with van der Waals surface area (Å²) in [6.07, 6.45) is 0. The average molecular weight is 122 g/mol. The van der Waals surface area contributed by atoms with Crippen LogP contribution in [0, 0.1) is 12.7 Å². The van der Waals surface area contributed by atoms with Crippen LogP contribution in [-0.4, -0.2) is 7.85 Å². The van der Waals surface area contributed by atoms with E-state index < -0.39 is 0 Å². The molecule has 0 nitrogen and oxygen atoms in total. The molecule has 0 N–H and O–H groups in total. The van der Waals surface area contributed by atoms with Gasteiger partial charge in [-0.2, -0.15) is 0 Å². The summed E-state index contributed by atoms with van der Waals surface area (Å²) in [5, 5.41) is 0. The van der Waals surface area contributed by atoms with Gasteiger partial charge in [0.15, 0.2) is 0 Å². The van der Waals surface area contributed by atoms with Gasteiger partial charge in [-0.05, 0) is 18.6 Å². The Labute approximate surface area is 55.1 Å². The zero-order valence-electron chi connectivity index (χ0n) is 5.61. The molecule has 0 amide bonds. The largest absolute Gasteiger partial charge is 0.207 e. The molecule has 0 saturated carbocycles. The van der Waals surface area contributed by atoms with Gasteiger partial charge in [0.05, 0.1) is 0 Å². The summed E-state index contributed by atoms with van der Waals surface area (Å²) >= 11 is 0. The van der Waals surface area contributed by atoms with Gasteiger partial charge in [-0.25, -0.2) is 4.39 Å². The van der Waals surface area contributed by atoms with Crippen LogP contribution in [0.25, 0.3) is 0 Å². The Morgan fingerprint density at radius 2 is 2.11 bits per heavy atom. The molecule has 0 radical (unpaired) electrons. The topological polar surface area (TPSA) is 0 Å². The number of hydrogen-bond acceptors (Lipinski definition) is 0. The second-order valence-corrected chi connectivity index (χ2v) is 2.18. The van der Waals surface area contributed by atoms with Crippen LogP contribution < -0.4 is 5.46 Å². The first-order chi connectivity index (χ1) is 4.22. The highest BCUT2D eigenvalue weighted by atomic mass is 19.1. The summed E-state index contributed by atoms with van der Waals surface area (Å²) in [5.41, 5.74) is 1.76. The SMILES string of the molecule is Bc1cccc(F)c1C. The van der Waals surface area contributed by atoms with E-state index in [9.17, 15) is 4.39 Å². The van der Waals surface area contributed by atoms with Crippen LogP contribution in [0.5, 0.6) is 0 Å². The van der Waals surface area contributed by atoms with Crippen LogP contribution in [0.2, 0.25) is 0 Å². The maximum absolute atomic E-state index is 12.6. The summed E-state index contributed by atoms with van der Waals surface area (Å²) in [6, 6.07) is 5.10. The van der Waals surface area contributed by atoms with Gasteiger partial charge in [-0.3, -0.25) is 0 Å². The fraction of sp³-hybridized carbons (Fsp3) is 0.143. The molecule has 2 heteroatoms. The number of benzene rings is 1. The number of hydrogen-bond donors (Lipinski definition) is 0. The maximum atomic E-state index is 12.6. The molecule has 0 aliphatic rings. The Hall–Kier alpha value is -0.785. The summed E-state index contributed by atoms with van der Waals surface area (Å²) in [6.45, 7) is 1.78. The molecule has 0 saturated heterocycles. The lowest BCUT2D eigenvalue weighted by molar-refractivity contribution is 0.620. The van der Waals surface area contributed by atoms with E-state index in [1.54, 1.807) is 13.0 Å². The van der Waals surface area contributed by atoms with Gasteiger partial charge < -0.3 is 0 Å². The van der Waals surface area contributed by atoms with Gasteiger partial charge in [0.25, 0.3) is 0 Å². The van der Waals surface area contributed by atoms with Gasteiger partial charge in [0, 0.05) is 0 Å². The molecule has 0 aromatic heterocycles. The van der Waals surface area contributed by atoms with Gasteiger partial charge in [-0.15, -0.1) is 0 Å². The van der Waals surface area contributed by atoms with Crippen molar-refractivity contribution in [2.45, 2.75) is 6.92 Å². The van der Waals surface area contributed by atoms with E-state index >= 15 is 0 Å². The van der Waals surface area contributed by atoms with Crippen molar-refractivity contribution in [3.8, 4) is 0 Å². The highest BCUT2D eigenvalue weighted by Crippen LogP contribution is 1.99. The third-order valence-corrected chi connectivity index (χ3v) is 1.54. The third-order valence-electron chi connectivity index (χ3n) is 1.54. The summed E-state index contributed by atoms with van der Waals surface area (Å²) in [4.78, 5) is 0. The minimum Gasteiger partial charge on any atom is -0.207 e. The van der Waals surface area contributed by atoms with Crippen LogP contribution in [0.15, 0.2) is 18.2 Å². The lowest BCUT2D eigenvalue weighted by Crippen LogP contribution is -2.07. The second kappa shape index (κ2) is 2.22. The van der Waals surface area contributed by atoms with Gasteiger partial charge in [0.2, 0.25) is 0 Å². The first-order valence-corrected chi connectivity index (χ1v) is 2.93. The second-order valence-electron chi connectivity index (χ2n) is 2.18. The zero-order valence-corrected chi connectivity index (χ0v) is 5.61. The molecule has 0 unspecified atom stereocenters. The van der Waals surface area contributed by atoms with Gasteiger partial charge >= 0.3 is 0 Å². The lowest BCUT2D eigenvalue weighted by atomic mass is 9.91. The minimum atomic E-state index is -0.116. The molecule has 0 fully saturated rings. The Morgan fingerprint density at radius 3 is 2.56 bits per heavy atom. The van der Waals surface area contributed by atoms with Crippen LogP contribution >= 0.6 is 0 Å². The van der Waals surface area contributed by atoms with Crippen molar-refractivity contribution < 1.29 is 4.39 Å². The average Bonchev–Trinajstić information content (AvgIpc) is 1.83. The van der Waals surface area contributed by atoms with Crippen molar-refractivity contribution in [3.63, 3.8) is 0 Å². The highest BCUT2D eigenvalue weighted by Gasteiger charge is 1.95. The van der Waals surface area contributed by atoms with Crippen molar-refractivity contribution in [2.24, 2.45) is 0 Å². The van der Waals surface area contributed by atoms with Gasteiger partial charge in [-0.1, -0.05) is 17.6 Å². The first kappa shape index (κ1) is 6.34. The summed E-state index contributed by atoms with van der Waals surface area (Å²) in [7, 11) is 1.90.